The Morgan fingerprint density at radius 2 is 1.80 bits per heavy atom. The van der Waals surface area contributed by atoms with E-state index in [9.17, 15) is 19.5 Å². The van der Waals surface area contributed by atoms with Crippen LogP contribution in [0.15, 0.2) is 53.0 Å². The number of Topliss-reactive ketones (excluding diaryl/α,β-unsaturated/α-hetero) is 1. The number of nitrogens with zero attached hydrogens (tertiary/aromatic N) is 1. The fourth-order valence-corrected chi connectivity index (χ4v) is 6.29. The normalized spacial score (nSPS) is 32.1. The molecule has 1 aromatic carbocycles. The second-order valence-corrected chi connectivity index (χ2v) is 13.0. The number of cyclic esters (lactones) is 1. The molecule has 0 spiro atoms. The van der Waals surface area contributed by atoms with Crippen LogP contribution >= 0.6 is 0 Å². The van der Waals surface area contributed by atoms with Crippen molar-refractivity contribution < 1.29 is 33.4 Å². The number of alkyl halides is 1. The molecule has 1 aliphatic rings. The highest BCUT2D eigenvalue weighted by atomic mass is 19.1. The fraction of sp³-hybridized carbons (Fsp3) is 0.622. The first-order chi connectivity index (χ1) is 21.1. The predicted molar refractivity (Wildman–Crippen MR) is 178 cm³/mol. The van der Waals surface area contributed by atoms with Crippen LogP contribution in [-0.4, -0.2) is 58.6 Å². The van der Waals surface area contributed by atoms with Gasteiger partial charge in [-0.15, -0.1) is 0 Å². The van der Waals surface area contributed by atoms with Gasteiger partial charge in [-0.2, -0.15) is 0 Å². The average Bonchev–Trinajstić information content (AvgIpc) is 2.99. The average molecular weight is 628 g/mol. The number of aliphatic imine (C=N–C) groups is 1. The predicted octanol–water partition coefficient (Wildman–Crippen LogP) is 7.51. The number of rotatable bonds is 7. The number of esters is 1. The SMILES string of the molecule is CC[C@@H](C)/C(=N\C(C)=O)[C@H](C)[C@H]1CC/C(=C\C=C\c2ccccc2)CO[C@H](C)C[C@@H](C)C(=O)[C@](C)(F)C(=O)O[C@H](CC)[C@@]1(C)O. The van der Waals surface area contributed by atoms with E-state index in [2.05, 4.69) is 4.99 Å². The molecule has 7 nitrogen and oxygen atoms in total. The molecule has 45 heavy (non-hydrogen) atoms. The Morgan fingerprint density at radius 1 is 1.16 bits per heavy atom. The number of carbonyl (C=O) groups excluding carboxylic acids is 3. The molecule has 1 N–H and O–H groups in total. The molecule has 0 aromatic heterocycles. The minimum Gasteiger partial charge on any atom is -0.457 e. The summed E-state index contributed by atoms with van der Waals surface area (Å²) < 4.78 is 27.7. The molecule has 0 unspecified atom stereocenters. The van der Waals surface area contributed by atoms with Crippen LogP contribution in [0, 0.1) is 23.7 Å². The lowest BCUT2D eigenvalue weighted by Crippen LogP contribution is -2.54. The second-order valence-electron chi connectivity index (χ2n) is 13.0. The molecule has 0 aliphatic carbocycles. The molecule has 1 saturated heterocycles. The van der Waals surface area contributed by atoms with Crippen molar-refractivity contribution in [3.05, 3.63) is 53.6 Å². The van der Waals surface area contributed by atoms with E-state index in [1.807, 2.05) is 76.3 Å². The Labute approximate surface area is 269 Å². The van der Waals surface area contributed by atoms with Gasteiger partial charge in [0.05, 0.1) is 12.7 Å². The van der Waals surface area contributed by atoms with Gasteiger partial charge in [0.1, 0.15) is 11.7 Å². The third kappa shape index (κ3) is 10.5. The molecule has 1 heterocycles. The largest absolute Gasteiger partial charge is 0.457 e. The van der Waals surface area contributed by atoms with Gasteiger partial charge in [-0.05, 0) is 75.8 Å². The first kappa shape index (κ1) is 38.2. The highest BCUT2D eigenvalue weighted by molar-refractivity contribution is 6.07. The number of hydrogen-bond acceptors (Lipinski definition) is 6. The topological polar surface area (TPSA) is 102 Å². The van der Waals surface area contributed by atoms with Crippen molar-refractivity contribution >= 4 is 29.4 Å². The van der Waals surface area contributed by atoms with E-state index in [0.29, 0.717) is 18.6 Å². The number of halogens is 1. The fourth-order valence-electron chi connectivity index (χ4n) is 6.29. The molecule has 1 aromatic rings. The van der Waals surface area contributed by atoms with Gasteiger partial charge in [0, 0.05) is 24.5 Å². The molecule has 250 valence electrons. The van der Waals surface area contributed by atoms with Gasteiger partial charge < -0.3 is 14.6 Å². The molecule has 1 amide bonds. The number of aliphatic hydroxyl groups is 1. The molecule has 1 aliphatic heterocycles. The van der Waals surface area contributed by atoms with E-state index in [-0.39, 0.29) is 43.3 Å². The Morgan fingerprint density at radius 3 is 2.38 bits per heavy atom. The summed E-state index contributed by atoms with van der Waals surface area (Å²) in [6, 6.07) is 9.91. The zero-order valence-electron chi connectivity index (χ0n) is 28.6. The molecule has 8 atom stereocenters. The molecular weight excluding hydrogens is 573 g/mol. The molecule has 2 rings (SSSR count). The highest BCUT2D eigenvalue weighted by Crippen LogP contribution is 2.39. The van der Waals surface area contributed by atoms with E-state index in [1.54, 1.807) is 20.8 Å². The molecule has 1 fully saturated rings. The van der Waals surface area contributed by atoms with E-state index < -0.39 is 41.0 Å². The number of hydrogen-bond donors (Lipinski definition) is 1. The lowest BCUT2D eigenvalue weighted by molar-refractivity contribution is -0.186. The summed E-state index contributed by atoms with van der Waals surface area (Å²) >= 11 is 0. The molecule has 8 heteroatoms. The first-order valence-corrected chi connectivity index (χ1v) is 16.3. The van der Waals surface area contributed by atoms with Gasteiger partial charge in [0.2, 0.25) is 5.91 Å². The highest BCUT2D eigenvalue weighted by Gasteiger charge is 2.50. The first-order valence-electron chi connectivity index (χ1n) is 16.3. The Kier molecular flexibility index (Phi) is 14.5. The Hall–Kier alpha value is -2.97. The maximum Gasteiger partial charge on any atom is 0.351 e. The smallest absolute Gasteiger partial charge is 0.351 e. The molecule has 0 bridgehead atoms. The summed E-state index contributed by atoms with van der Waals surface area (Å²) in [7, 11) is 0. The quantitative estimate of drug-likeness (QED) is 0.191. The minimum absolute atomic E-state index is 0.0415. The maximum absolute atomic E-state index is 15.8. The van der Waals surface area contributed by atoms with E-state index >= 15 is 4.39 Å². The van der Waals surface area contributed by atoms with Crippen molar-refractivity contribution in [2.45, 2.75) is 118 Å². The van der Waals surface area contributed by atoms with Crippen LogP contribution in [0.4, 0.5) is 4.39 Å². The third-order valence-electron chi connectivity index (χ3n) is 9.23. The Bertz CT molecular complexity index is 1230. The number of carbonyl (C=O) groups is 3. The van der Waals surface area contributed by atoms with Crippen molar-refractivity contribution in [1.82, 2.24) is 0 Å². The van der Waals surface area contributed by atoms with Gasteiger partial charge in [-0.3, -0.25) is 9.59 Å². The monoisotopic (exact) mass is 627 g/mol. The van der Waals surface area contributed by atoms with E-state index in [4.69, 9.17) is 9.47 Å². The lowest BCUT2D eigenvalue weighted by atomic mass is 9.69. The summed E-state index contributed by atoms with van der Waals surface area (Å²) in [6.45, 7) is 15.3. The van der Waals surface area contributed by atoms with Crippen molar-refractivity contribution in [3.63, 3.8) is 0 Å². The van der Waals surface area contributed by atoms with Gasteiger partial charge in [0.15, 0.2) is 5.78 Å². The summed E-state index contributed by atoms with van der Waals surface area (Å²) in [6.07, 6.45) is 6.59. The lowest BCUT2D eigenvalue weighted by Gasteiger charge is -2.43. The van der Waals surface area contributed by atoms with Crippen molar-refractivity contribution in [1.29, 1.82) is 0 Å². The van der Waals surface area contributed by atoms with Crippen LogP contribution in [0.3, 0.4) is 0 Å². The number of ether oxygens (including phenoxy) is 2. The summed E-state index contributed by atoms with van der Waals surface area (Å²) in [4.78, 5) is 43.0. The number of ketones is 1. The second kappa shape index (κ2) is 17.1. The van der Waals surface area contributed by atoms with Gasteiger partial charge in [0.25, 0.3) is 5.67 Å². The third-order valence-corrected chi connectivity index (χ3v) is 9.23. The minimum atomic E-state index is -2.89. The van der Waals surface area contributed by atoms with Gasteiger partial charge >= 0.3 is 5.97 Å². The van der Waals surface area contributed by atoms with E-state index in [1.165, 1.54) is 6.92 Å². The van der Waals surface area contributed by atoms with Crippen LogP contribution in [0.1, 0.15) is 100.0 Å². The summed E-state index contributed by atoms with van der Waals surface area (Å²) in [5, 5.41) is 12.2. The summed E-state index contributed by atoms with van der Waals surface area (Å²) in [5.74, 6) is -4.30. The molecule has 0 saturated carbocycles. The van der Waals surface area contributed by atoms with Crippen molar-refractivity contribution in [2.24, 2.45) is 28.7 Å². The Balaban J connectivity index is 2.67. The number of benzene rings is 1. The number of allylic oxidation sites excluding steroid dienone is 2. The van der Waals surface area contributed by atoms with Crippen LogP contribution in [-0.2, 0) is 23.9 Å². The van der Waals surface area contributed by atoms with Crippen LogP contribution in [0.25, 0.3) is 6.08 Å². The van der Waals surface area contributed by atoms with E-state index in [0.717, 1.165) is 24.5 Å². The summed E-state index contributed by atoms with van der Waals surface area (Å²) in [5.41, 5.74) is -1.88. The molecular formula is C37H54FNO6. The van der Waals surface area contributed by atoms with Crippen LogP contribution < -0.4 is 0 Å². The number of amides is 1. The van der Waals surface area contributed by atoms with Gasteiger partial charge in [-0.1, -0.05) is 83.2 Å². The van der Waals surface area contributed by atoms with Crippen molar-refractivity contribution in [2.75, 3.05) is 6.61 Å². The van der Waals surface area contributed by atoms with Crippen LogP contribution in [0.2, 0.25) is 0 Å². The zero-order valence-corrected chi connectivity index (χ0v) is 28.6. The van der Waals surface area contributed by atoms with Gasteiger partial charge in [-0.25, -0.2) is 14.2 Å². The maximum atomic E-state index is 15.8. The molecule has 0 radical (unpaired) electrons. The standard InChI is InChI=1S/C37H54FNO6/c1-10-24(3)33(39-28(7)40)27(6)31-21-20-30(19-15-18-29-16-13-12-14-17-29)23-44-26(5)22-25(4)34(41)36(8,38)35(42)45-32(11-2)37(31,9)43/h12-19,24-27,31-32,43H,10-11,20-23H2,1-9H3/b18-15+,30-19+,39-33+/t24-,25-,26-,27-,31-,32-,36+,37+/m1/s1. The van der Waals surface area contributed by atoms with Crippen LogP contribution in [0.5, 0.6) is 0 Å². The van der Waals surface area contributed by atoms with Crippen molar-refractivity contribution in [3.8, 4) is 0 Å². The zero-order chi connectivity index (χ0) is 33.9.